The summed E-state index contributed by atoms with van der Waals surface area (Å²) in [6, 6.07) is 0. The molecule has 1 rings (SSSR count). The molecule has 0 bridgehead atoms. The molecule has 1 heterocycles. The lowest BCUT2D eigenvalue weighted by atomic mass is 9.92. The van der Waals surface area contributed by atoms with E-state index in [1.807, 2.05) is 0 Å². The Kier molecular flexibility index (Phi) is 6.80. The molecule has 0 spiro atoms. The molecule has 0 saturated carbocycles. The fourth-order valence-electron chi connectivity index (χ4n) is 1.89. The lowest BCUT2D eigenvalue weighted by Gasteiger charge is -2.17. The zero-order valence-corrected chi connectivity index (χ0v) is 13.5. The number of carbonyl (C=O) groups is 3. The summed E-state index contributed by atoms with van der Waals surface area (Å²) in [4.78, 5) is 33.6. The number of carboxylic acid groups (broad SMARTS) is 1. The summed E-state index contributed by atoms with van der Waals surface area (Å²) in [5, 5.41) is 14.1. The summed E-state index contributed by atoms with van der Waals surface area (Å²) in [6.07, 6.45) is 0.837. The highest BCUT2D eigenvalue weighted by atomic mass is 16.6. The van der Waals surface area contributed by atoms with Crippen LogP contribution >= 0.6 is 0 Å². The van der Waals surface area contributed by atoms with Gasteiger partial charge in [0.05, 0.1) is 0 Å². The molecule has 0 aliphatic carbocycles. The van der Waals surface area contributed by atoms with Crippen molar-refractivity contribution in [3.63, 3.8) is 0 Å². The Morgan fingerprint density at radius 1 is 1.05 bits per heavy atom. The van der Waals surface area contributed by atoms with Crippen LogP contribution in [0.4, 0.5) is 0 Å². The van der Waals surface area contributed by atoms with E-state index in [1.165, 1.54) is 0 Å². The minimum atomic E-state index is -1.12. The van der Waals surface area contributed by atoms with Crippen LogP contribution in [-0.4, -0.2) is 48.2 Å². The van der Waals surface area contributed by atoms with Crippen molar-refractivity contribution < 1.29 is 24.2 Å². The molecule has 126 valence electrons. The van der Waals surface area contributed by atoms with Gasteiger partial charge in [0.25, 0.3) is 5.91 Å². The van der Waals surface area contributed by atoms with E-state index >= 15 is 0 Å². The second-order valence-corrected chi connectivity index (χ2v) is 6.72. The predicted octanol–water partition coefficient (Wildman–Crippen LogP) is 0.677. The van der Waals surface area contributed by atoms with Gasteiger partial charge in [-0.3, -0.25) is 9.59 Å². The van der Waals surface area contributed by atoms with Crippen LogP contribution in [0.1, 0.15) is 46.5 Å². The maximum absolute atomic E-state index is 11.6. The predicted molar refractivity (Wildman–Crippen MR) is 80.2 cm³/mol. The highest BCUT2D eigenvalue weighted by Gasteiger charge is 2.50. The van der Waals surface area contributed by atoms with Gasteiger partial charge in [0.15, 0.2) is 12.2 Å². The molecule has 0 unspecified atom stereocenters. The third-order valence-electron chi connectivity index (χ3n) is 3.32. The number of nitrogens with one attached hydrogen (secondary N) is 2. The second kappa shape index (κ2) is 8.12. The molecule has 2 amide bonds. The van der Waals surface area contributed by atoms with Gasteiger partial charge in [-0.25, -0.2) is 4.79 Å². The van der Waals surface area contributed by atoms with Gasteiger partial charge in [-0.15, -0.1) is 0 Å². The average molecular weight is 314 g/mol. The molecular formula is C15H26N2O5. The highest BCUT2D eigenvalue weighted by Crippen LogP contribution is 2.22. The van der Waals surface area contributed by atoms with E-state index in [9.17, 15) is 14.4 Å². The zero-order chi connectivity index (χ0) is 16.8. The van der Waals surface area contributed by atoms with Gasteiger partial charge < -0.3 is 20.5 Å². The molecule has 0 aromatic carbocycles. The average Bonchev–Trinajstić information content (AvgIpc) is 3.16. The molecule has 7 heteroatoms. The number of hydrogen-bond acceptors (Lipinski definition) is 4. The normalized spacial score (nSPS) is 20.3. The maximum atomic E-state index is 11.6. The van der Waals surface area contributed by atoms with E-state index < -0.39 is 24.1 Å². The first-order valence-corrected chi connectivity index (χ1v) is 7.63. The van der Waals surface area contributed by atoms with Crippen LogP contribution in [0.15, 0.2) is 0 Å². The van der Waals surface area contributed by atoms with Gasteiger partial charge in [-0.1, -0.05) is 20.8 Å². The molecule has 3 N–H and O–H groups in total. The minimum Gasteiger partial charge on any atom is -0.479 e. The smallest absolute Gasteiger partial charge is 0.336 e. The van der Waals surface area contributed by atoms with E-state index in [4.69, 9.17) is 9.84 Å². The number of aliphatic carboxylic acids is 1. The van der Waals surface area contributed by atoms with E-state index in [2.05, 4.69) is 31.4 Å². The number of ether oxygens (including phenoxy) is 1. The number of hydrogen-bond donors (Lipinski definition) is 3. The largest absolute Gasteiger partial charge is 0.479 e. The van der Waals surface area contributed by atoms with Crippen LogP contribution in [0.5, 0.6) is 0 Å². The van der Waals surface area contributed by atoms with Gasteiger partial charge >= 0.3 is 5.97 Å². The lowest BCUT2D eigenvalue weighted by Crippen LogP contribution is -2.31. The standard InChI is InChI=1S/C15H26N2O5/c1-15(2,3)7-9-16-10(18)6-4-5-8-17-13(19)11-12(22-11)14(20)21/h11-12H,4-9H2,1-3H3,(H,16,18)(H,17,19)(H,20,21)/t11-,12-/m0/s1. The van der Waals surface area contributed by atoms with Crippen LogP contribution < -0.4 is 10.6 Å². The molecule has 1 fully saturated rings. The number of amides is 2. The van der Waals surface area contributed by atoms with Gasteiger partial charge in [-0.2, -0.15) is 0 Å². The molecule has 22 heavy (non-hydrogen) atoms. The molecular weight excluding hydrogens is 288 g/mol. The van der Waals surface area contributed by atoms with E-state index in [1.54, 1.807) is 0 Å². The Morgan fingerprint density at radius 2 is 1.73 bits per heavy atom. The number of carboxylic acids is 1. The van der Waals surface area contributed by atoms with Gasteiger partial charge in [0, 0.05) is 19.5 Å². The number of unbranched alkanes of at least 4 members (excludes halogenated alkanes) is 1. The number of rotatable bonds is 9. The van der Waals surface area contributed by atoms with Crippen molar-refractivity contribution in [1.29, 1.82) is 0 Å². The van der Waals surface area contributed by atoms with E-state index in [0.29, 0.717) is 32.4 Å². The van der Waals surface area contributed by atoms with Gasteiger partial charge in [-0.05, 0) is 24.7 Å². The van der Waals surface area contributed by atoms with Crippen molar-refractivity contribution in [2.75, 3.05) is 13.1 Å². The lowest BCUT2D eigenvalue weighted by molar-refractivity contribution is -0.138. The Balaban J connectivity index is 1.98. The summed E-state index contributed by atoms with van der Waals surface area (Å²) in [5.74, 6) is -1.50. The summed E-state index contributed by atoms with van der Waals surface area (Å²) >= 11 is 0. The van der Waals surface area contributed by atoms with Crippen molar-refractivity contribution in [3.05, 3.63) is 0 Å². The maximum Gasteiger partial charge on any atom is 0.336 e. The minimum absolute atomic E-state index is 0.0204. The van der Waals surface area contributed by atoms with Crippen molar-refractivity contribution in [2.24, 2.45) is 5.41 Å². The number of carbonyl (C=O) groups excluding carboxylic acids is 2. The Morgan fingerprint density at radius 3 is 2.27 bits per heavy atom. The van der Waals surface area contributed by atoms with Gasteiger partial charge in [0.2, 0.25) is 5.91 Å². The molecule has 0 radical (unpaired) electrons. The summed E-state index contributed by atoms with van der Waals surface area (Å²) in [5.41, 5.74) is 0.205. The van der Waals surface area contributed by atoms with E-state index in [-0.39, 0.29) is 11.3 Å². The number of epoxide rings is 1. The fourth-order valence-corrected chi connectivity index (χ4v) is 1.89. The quantitative estimate of drug-likeness (QED) is 0.428. The van der Waals surface area contributed by atoms with Crippen molar-refractivity contribution in [1.82, 2.24) is 10.6 Å². The van der Waals surface area contributed by atoms with Crippen LogP contribution in [0.25, 0.3) is 0 Å². The topological polar surface area (TPSA) is 108 Å². The summed E-state index contributed by atoms with van der Waals surface area (Å²) in [7, 11) is 0. The highest BCUT2D eigenvalue weighted by molar-refractivity contribution is 5.92. The van der Waals surface area contributed by atoms with Crippen LogP contribution in [0.2, 0.25) is 0 Å². The molecule has 7 nitrogen and oxygen atoms in total. The Bertz CT molecular complexity index is 417. The second-order valence-electron chi connectivity index (χ2n) is 6.72. The van der Waals surface area contributed by atoms with Crippen molar-refractivity contribution in [3.8, 4) is 0 Å². The molecule has 0 aromatic rings. The molecule has 1 aliphatic rings. The zero-order valence-electron chi connectivity index (χ0n) is 13.5. The van der Waals surface area contributed by atoms with Crippen LogP contribution in [0.3, 0.4) is 0 Å². The first-order chi connectivity index (χ1) is 10.2. The van der Waals surface area contributed by atoms with Crippen LogP contribution in [0, 0.1) is 5.41 Å². The summed E-state index contributed by atoms with van der Waals surface area (Å²) < 4.78 is 4.73. The van der Waals surface area contributed by atoms with Crippen molar-refractivity contribution >= 4 is 17.8 Å². The molecule has 0 aromatic heterocycles. The molecule has 2 atom stereocenters. The van der Waals surface area contributed by atoms with Crippen LogP contribution in [-0.2, 0) is 19.1 Å². The fraction of sp³-hybridized carbons (Fsp3) is 0.800. The SMILES string of the molecule is CC(C)(C)CCNC(=O)CCCCNC(=O)[C@H]1O[C@@H]1C(=O)O. The first kappa shape index (κ1) is 18.4. The van der Waals surface area contributed by atoms with Gasteiger partial charge in [0.1, 0.15) is 0 Å². The first-order valence-electron chi connectivity index (χ1n) is 7.63. The Hall–Kier alpha value is -1.63. The van der Waals surface area contributed by atoms with E-state index in [0.717, 1.165) is 6.42 Å². The third kappa shape index (κ3) is 7.40. The third-order valence-corrected chi connectivity index (χ3v) is 3.32. The monoisotopic (exact) mass is 314 g/mol. The molecule has 1 aliphatic heterocycles. The van der Waals surface area contributed by atoms with Crippen molar-refractivity contribution in [2.45, 2.75) is 58.7 Å². The molecule has 1 saturated heterocycles. The summed E-state index contributed by atoms with van der Waals surface area (Å²) in [6.45, 7) is 7.47. The Labute approximate surface area is 130 Å².